The number of nitrogens with zero attached hydrogens (tertiary/aromatic N) is 3. The Hall–Kier alpha value is -2.02. The van der Waals surface area contributed by atoms with Crippen LogP contribution in [0.25, 0.3) is 0 Å². The van der Waals surface area contributed by atoms with Crippen molar-refractivity contribution in [2.24, 2.45) is 5.73 Å². The van der Waals surface area contributed by atoms with Crippen molar-refractivity contribution in [2.75, 3.05) is 11.4 Å². The number of hydrogen-bond donors (Lipinski definition) is 1. The van der Waals surface area contributed by atoms with Gasteiger partial charge in [0, 0.05) is 31.3 Å². The molecule has 2 rings (SSSR count). The number of aromatic nitrogens is 1. The van der Waals surface area contributed by atoms with E-state index in [0.29, 0.717) is 0 Å². The summed E-state index contributed by atoms with van der Waals surface area (Å²) in [6.07, 6.45) is 1.62. The molecule has 7 heteroatoms. The molecule has 1 aliphatic rings. The molecular weight excluding hydrogens is 212 g/mol. The van der Waals surface area contributed by atoms with Crippen LogP contribution >= 0.6 is 0 Å². The van der Waals surface area contributed by atoms with Gasteiger partial charge in [-0.25, -0.2) is 4.98 Å². The minimum Gasteiger partial charge on any atom is -0.326 e. The Bertz CT molecular complexity index is 448. The number of rotatable bonds is 2. The molecule has 1 fully saturated rings. The van der Waals surface area contributed by atoms with Crippen LogP contribution in [0.4, 0.5) is 11.5 Å². The second-order valence-electron chi connectivity index (χ2n) is 3.57. The van der Waals surface area contributed by atoms with Crippen molar-refractivity contribution in [2.45, 2.75) is 12.5 Å². The summed E-state index contributed by atoms with van der Waals surface area (Å²) in [7, 11) is 0. The molecule has 7 nitrogen and oxygen atoms in total. The Morgan fingerprint density at radius 2 is 2.38 bits per heavy atom. The van der Waals surface area contributed by atoms with Crippen LogP contribution in [0.3, 0.4) is 0 Å². The zero-order valence-corrected chi connectivity index (χ0v) is 8.37. The zero-order valence-electron chi connectivity index (χ0n) is 8.37. The third-order valence-electron chi connectivity index (χ3n) is 2.37. The summed E-state index contributed by atoms with van der Waals surface area (Å²) >= 11 is 0. The molecule has 1 amide bonds. The van der Waals surface area contributed by atoms with Gasteiger partial charge < -0.3 is 5.73 Å². The molecule has 0 aliphatic carbocycles. The van der Waals surface area contributed by atoms with Crippen LogP contribution in [0.2, 0.25) is 0 Å². The first-order chi connectivity index (χ1) is 7.59. The van der Waals surface area contributed by atoms with E-state index in [1.807, 2.05) is 0 Å². The minimum absolute atomic E-state index is 0.0745. The number of pyridine rings is 1. The SMILES string of the molecule is NC1CC(=O)N(c2ncccc2[N+](=O)[O-])C1. The Labute approximate surface area is 91.0 Å². The lowest BCUT2D eigenvalue weighted by Gasteiger charge is -2.14. The average molecular weight is 222 g/mol. The number of carbonyl (C=O) groups excluding carboxylic acids is 1. The summed E-state index contributed by atoms with van der Waals surface area (Å²) in [4.78, 5) is 26.9. The largest absolute Gasteiger partial charge is 0.326 e. The highest BCUT2D eigenvalue weighted by Gasteiger charge is 2.33. The molecule has 0 spiro atoms. The van der Waals surface area contributed by atoms with Gasteiger partial charge in [0.2, 0.25) is 11.7 Å². The second-order valence-corrected chi connectivity index (χ2v) is 3.57. The van der Waals surface area contributed by atoms with Gasteiger partial charge in [-0.05, 0) is 6.07 Å². The van der Waals surface area contributed by atoms with Gasteiger partial charge in [-0.3, -0.25) is 19.8 Å². The molecule has 2 heterocycles. The van der Waals surface area contributed by atoms with Crippen LogP contribution in [-0.4, -0.2) is 28.4 Å². The summed E-state index contributed by atoms with van der Waals surface area (Å²) in [5, 5.41) is 10.8. The Morgan fingerprint density at radius 3 is 2.94 bits per heavy atom. The van der Waals surface area contributed by atoms with Gasteiger partial charge in [0.05, 0.1) is 4.92 Å². The van der Waals surface area contributed by atoms with Gasteiger partial charge in [0.1, 0.15) is 0 Å². The van der Waals surface area contributed by atoms with Gasteiger partial charge >= 0.3 is 5.69 Å². The molecule has 16 heavy (non-hydrogen) atoms. The number of anilines is 1. The van der Waals surface area contributed by atoms with Crippen molar-refractivity contribution in [3.63, 3.8) is 0 Å². The molecule has 0 bridgehead atoms. The van der Waals surface area contributed by atoms with Gasteiger partial charge in [0.15, 0.2) is 0 Å². The highest BCUT2D eigenvalue weighted by Crippen LogP contribution is 2.27. The number of nitro groups is 1. The van der Waals surface area contributed by atoms with E-state index in [1.165, 1.54) is 23.2 Å². The number of carbonyl (C=O) groups is 1. The van der Waals surface area contributed by atoms with Gasteiger partial charge in [0.25, 0.3) is 0 Å². The quantitative estimate of drug-likeness (QED) is 0.562. The van der Waals surface area contributed by atoms with Crippen LogP contribution in [-0.2, 0) is 4.79 Å². The lowest BCUT2D eigenvalue weighted by molar-refractivity contribution is -0.384. The predicted molar refractivity (Wildman–Crippen MR) is 55.8 cm³/mol. The van der Waals surface area contributed by atoms with Gasteiger partial charge in [-0.2, -0.15) is 0 Å². The summed E-state index contributed by atoms with van der Waals surface area (Å²) in [5.74, 6) is -0.153. The molecule has 1 aliphatic heterocycles. The first-order valence-corrected chi connectivity index (χ1v) is 4.75. The standard InChI is InChI=1S/C9H10N4O3/c10-6-4-8(14)12(5-6)9-7(13(15)16)2-1-3-11-9/h1-3,6H,4-5,10H2. The molecule has 1 aromatic rings. The van der Waals surface area contributed by atoms with Crippen LogP contribution in [0.5, 0.6) is 0 Å². The Morgan fingerprint density at radius 1 is 1.62 bits per heavy atom. The van der Waals surface area contributed by atoms with Crippen LogP contribution < -0.4 is 10.6 Å². The van der Waals surface area contributed by atoms with Crippen molar-refractivity contribution in [1.82, 2.24) is 4.98 Å². The van der Waals surface area contributed by atoms with Crippen LogP contribution in [0.15, 0.2) is 18.3 Å². The highest BCUT2D eigenvalue weighted by molar-refractivity contribution is 5.97. The normalized spacial score (nSPS) is 20.2. The Balaban J connectivity index is 2.40. The van der Waals surface area contributed by atoms with Gasteiger partial charge in [-0.1, -0.05) is 0 Å². The molecular formula is C9H10N4O3. The molecule has 1 atom stereocenters. The number of nitrogens with two attached hydrogens (primary N) is 1. The van der Waals surface area contributed by atoms with Crippen molar-refractivity contribution in [3.8, 4) is 0 Å². The second kappa shape index (κ2) is 3.86. The minimum atomic E-state index is -0.556. The van der Waals surface area contributed by atoms with E-state index in [9.17, 15) is 14.9 Å². The summed E-state index contributed by atoms with van der Waals surface area (Å²) in [6.45, 7) is 0.274. The van der Waals surface area contributed by atoms with Crippen molar-refractivity contribution < 1.29 is 9.72 Å². The fraction of sp³-hybridized carbons (Fsp3) is 0.333. The van der Waals surface area contributed by atoms with Crippen LogP contribution in [0.1, 0.15) is 6.42 Å². The van der Waals surface area contributed by atoms with E-state index >= 15 is 0 Å². The van der Waals surface area contributed by atoms with Crippen molar-refractivity contribution >= 4 is 17.4 Å². The van der Waals surface area contributed by atoms with Crippen molar-refractivity contribution in [3.05, 3.63) is 28.4 Å². The fourth-order valence-electron chi connectivity index (χ4n) is 1.68. The maximum atomic E-state index is 11.5. The molecule has 84 valence electrons. The third kappa shape index (κ3) is 1.72. The van der Waals surface area contributed by atoms with E-state index < -0.39 is 4.92 Å². The van der Waals surface area contributed by atoms with E-state index in [2.05, 4.69) is 4.98 Å². The number of hydrogen-bond acceptors (Lipinski definition) is 5. The molecule has 0 aromatic carbocycles. The summed E-state index contributed by atoms with van der Waals surface area (Å²) in [5.41, 5.74) is 5.44. The molecule has 1 unspecified atom stereocenters. The first kappa shape index (κ1) is 10.5. The van der Waals surface area contributed by atoms with Crippen LogP contribution in [0, 0.1) is 10.1 Å². The predicted octanol–water partition coefficient (Wildman–Crippen LogP) is 0.0538. The van der Waals surface area contributed by atoms with E-state index in [1.54, 1.807) is 0 Å². The van der Waals surface area contributed by atoms with E-state index in [-0.39, 0.29) is 36.4 Å². The van der Waals surface area contributed by atoms with Crippen molar-refractivity contribution in [1.29, 1.82) is 0 Å². The molecule has 2 N–H and O–H groups in total. The lowest BCUT2D eigenvalue weighted by Crippen LogP contribution is -2.29. The molecule has 1 aromatic heterocycles. The smallest absolute Gasteiger partial charge is 0.312 e. The molecule has 0 saturated carbocycles. The lowest BCUT2D eigenvalue weighted by atomic mass is 10.3. The molecule has 1 saturated heterocycles. The van der Waals surface area contributed by atoms with Gasteiger partial charge in [-0.15, -0.1) is 0 Å². The maximum absolute atomic E-state index is 11.5. The zero-order chi connectivity index (χ0) is 11.7. The summed E-state index contributed by atoms with van der Waals surface area (Å²) < 4.78 is 0. The summed E-state index contributed by atoms with van der Waals surface area (Å²) in [6, 6.07) is 2.50. The van der Waals surface area contributed by atoms with E-state index in [4.69, 9.17) is 5.73 Å². The monoisotopic (exact) mass is 222 g/mol. The third-order valence-corrected chi connectivity index (χ3v) is 2.37. The topological polar surface area (TPSA) is 102 Å². The first-order valence-electron chi connectivity index (χ1n) is 4.75. The van der Waals surface area contributed by atoms with E-state index in [0.717, 1.165) is 0 Å². The number of amides is 1. The average Bonchev–Trinajstić information content (AvgIpc) is 2.57. The fourth-order valence-corrected chi connectivity index (χ4v) is 1.68. The maximum Gasteiger partial charge on any atom is 0.312 e. The Kier molecular flexibility index (Phi) is 2.53. The highest BCUT2D eigenvalue weighted by atomic mass is 16.6. The molecule has 0 radical (unpaired) electrons.